The number of ether oxygens (including phenoxy) is 1. The van der Waals surface area contributed by atoms with Crippen molar-refractivity contribution in [3.63, 3.8) is 0 Å². The first-order valence-corrected chi connectivity index (χ1v) is 9.30. The minimum Gasteiger partial charge on any atom is -0.451 e. The molecule has 0 atom stereocenters. The predicted octanol–water partition coefficient (Wildman–Crippen LogP) is 0.518. The van der Waals surface area contributed by atoms with Gasteiger partial charge in [0.1, 0.15) is 5.70 Å². The van der Waals surface area contributed by atoms with Crippen LogP contribution in [0.5, 0.6) is 0 Å². The van der Waals surface area contributed by atoms with Crippen LogP contribution in [0, 0.1) is 0 Å². The Morgan fingerprint density at radius 3 is 2.54 bits per heavy atom. The molecule has 1 heterocycles. The van der Waals surface area contributed by atoms with Gasteiger partial charge in [-0.15, -0.1) is 0 Å². The van der Waals surface area contributed by atoms with E-state index in [1.54, 1.807) is 30.3 Å². The summed E-state index contributed by atoms with van der Waals surface area (Å²) >= 11 is 0.910. The van der Waals surface area contributed by atoms with Gasteiger partial charge < -0.3 is 15.4 Å². The molecule has 28 heavy (non-hydrogen) atoms. The number of nitrogens with zero attached hydrogens (tertiary/aromatic N) is 1. The van der Waals surface area contributed by atoms with Gasteiger partial charge in [-0.1, -0.05) is 42.1 Å². The van der Waals surface area contributed by atoms with Gasteiger partial charge in [-0.3, -0.25) is 24.1 Å². The summed E-state index contributed by atoms with van der Waals surface area (Å²) in [6.45, 7) is 0.779. The van der Waals surface area contributed by atoms with Gasteiger partial charge in [-0.25, -0.2) is 4.79 Å². The molecular weight excluding hydrogens is 386 g/mol. The molecule has 0 aromatic heterocycles. The highest BCUT2D eigenvalue weighted by atomic mass is 32.2. The van der Waals surface area contributed by atoms with Crippen molar-refractivity contribution in [2.45, 2.75) is 6.92 Å². The van der Waals surface area contributed by atoms with E-state index < -0.39 is 24.4 Å². The molecule has 0 radical (unpaired) electrons. The first-order chi connectivity index (χ1) is 13.4. The summed E-state index contributed by atoms with van der Waals surface area (Å²) in [4.78, 5) is 59.2. The van der Waals surface area contributed by atoms with Crippen molar-refractivity contribution in [2.75, 3.05) is 25.4 Å². The van der Waals surface area contributed by atoms with Crippen LogP contribution in [0.4, 0.5) is 4.79 Å². The molecule has 4 amide bonds. The molecule has 9 nitrogen and oxygen atoms in total. The number of nitrogens with one attached hydrogen (secondary N) is 2. The molecule has 0 aliphatic carbocycles. The lowest BCUT2D eigenvalue weighted by atomic mass is 10.2. The van der Waals surface area contributed by atoms with Crippen molar-refractivity contribution < 1.29 is 28.7 Å². The standard InChI is InChI=1S/C18H19N3O6S/c1-12(22)20-14(9-13-5-3-2-4-6-13)17(25)27-10-15(23)19-7-8-21-16(24)11-28-18(21)26/h2-6,9H,7-8,10-11H2,1H3,(H,19,23)(H,20,22)/b14-9-. The number of thioether (sulfide) groups is 1. The first-order valence-electron chi connectivity index (χ1n) is 8.32. The summed E-state index contributed by atoms with van der Waals surface area (Å²) in [6, 6.07) is 8.82. The Morgan fingerprint density at radius 1 is 1.21 bits per heavy atom. The van der Waals surface area contributed by atoms with Crippen LogP contribution in [0.2, 0.25) is 0 Å². The Hall–Kier alpha value is -3.14. The van der Waals surface area contributed by atoms with Crippen LogP contribution in [0.1, 0.15) is 12.5 Å². The number of hydrogen-bond donors (Lipinski definition) is 2. The number of esters is 1. The Bertz CT molecular complexity index is 793. The van der Waals surface area contributed by atoms with Crippen LogP contribution in [-0.2, 0) is 23.9 Å². The molecule has 1 aliphatic rings. The maximum Gasteiger partial charge on any atom is 0.355 e. The molecule has 0 unspecified atom stereocenters. The van der Waals surface area contributed by atoms with Crippen molar-refractivity contribution in [1.29, 1.82) is 0 Å². The summed E-state index contributed by atoms with van der Waals surface area (Å²) in [6.07, 6.45) is 1.43. The summed E-state index contributed by atoms with van der Waals surface area (Å²) in [5, 5.41) is 4.48. The second-order valence-electron chi connectivity index (χ2n) is 5.68. The average Bonchev–Trinajstić information content (AvgIpc) is 2.98. The highest BCUT2D eigenvalue weighted by molar-refractivity contribution is 8.14. The van der Waals surface area contributed by atoms with Gasteiger partial charge in [-0.2, -0.15) is 0 Å². The monoisotopic (exact) mass is 405 g/mol. The fourth-order valence-electron chi connectivity index (χ4n) is 2.22. The van der Waals surface area contributed by atoms with Crippen molar-refractivity contribution in [1.82, 2.24) is 15.5 Å². The molecule has 1 aromatic rings. The zero-order chi connectivity index (χ0) is 20.5. The Kier molecular flexibility index (Phi) is 7.76. The van der Waals surface area contributed by atoms with E-state index >= 15 is 0 Å². The Balaban J connectivity index is 1.83. The number of carbonyl (C=O) groups is 5. The number of benzene rings is 1. The van der Waals surface area contributed by atoms with E-state index in [0.717, 1.165) is 16.7 Å². The SMILES string of the molecule is CC(=O)N/C(=C\c1ccccc1)C(=O)OCC(=O)NCCN1C(=O)CSC1=O. The van der Waals surface area contributed by atoms with E-state index in [2.05, 4.69) is 10.6 Å². The molecule has 0 spiro atoms. The number of rotatable bonds is 8. The van der Waals surface area contributed by atoms with Crippen molar-refractivity contribution in [3.8, 4) is 0 Å². The Morgan fingerprint density at radius 2 is 1.93 bits per heavy atom. The highest BCUT2D eigenvalue weighted by Crippen LogP contribution is 2.17. The minimum absolute atomic E-state index is 0.0484. The smallest absolute Gasteiger partial charge is 0.355 e. The maximum atomic E-state index is 12.2. The topological polar surface area (TPSA) is 122 Å². The van der Waals surface area contributed by atoms with Crippen LogP contribution >= 0.6 is 11.8 Å². The van der Waals surface area contributed by atoms with Crippen LogP contribution in [-0.4, -0.2) is 59.3 Å². The lowest BCUT2D eigenvalue weighted by Gasteiger charge is -2.13. The fourth-order valence-corrected chi connectivity index (χ4v) is 2.97. The number of carbonyl (C=O) groups excluding carboxylic acids is 5. The summed E-state index contributed by atoms with van der Waals surface area (Å²) in [7, 11) is 0. The molecule has 1 fully saturated rings. The van der Waals surface area contributed by atoms with Crippen molar-refractivity contribution in [2.24, 2.45) is 0 Å². The van der Waals surface area contributed by atoms with Gasteiger partial charge in [0, 0.05) is 20.0 Å². The van der Waals surface area contributed by atoms with Gasteiger partial charge in [0.2, 0.25) is 11.8 Å². The average molecular weight is 405 g/mol. The van der Waals surface area contributed by atoms with Crippen molar-refractivity contribution in [3.05, 3.63) is 41.6 Å². The third kappa shape index (κ3) is 6.54. The van der Waals surface area contributed by atoms with E-state index in [1.165, 1.54) is 13.0 Å². The van der Waals surface area contributed by atoms with Gasteiger partial charge in [0.05, 0.1) is 5.75 Å². The summed E-state index contributed by atoms with van der Waals surface area (Å²) in [5.41, 5.74) is 0.572. The van der Waals surface area contributed by atoms with Gasteiger partial charge in [-0.05, 0) is 11.6 Å². The number of amides is 4. The largest absolute Gasteiger partial charge is 0.451 e. The minimum atomic E-state index is -0.865. The molecular formula is C18H19N3O6S. The Labute approximate surface area is 165 Å². The maximum absolute atomic E-state index is 12.2. The molecule has 2 rings (SSSR count). The zero-order valence-electron chi connectivity index (χ0n) is 15.1. The van der Waals surface area contributed by atoms with Crippen molar-refractivity contribution >= 4 is 46.8 Å². The first kappa shape index (κ1) is 21.2. The van der Waals surface area contributed by atoms with Crippen LogP contribution in [0.3, 0.4) is 0 Å². The van der Waals surface area contributed by atoms with Crippen LogP contribution in [0.15, 0.2) is 36.0 Å². The zero-order valence-corrected chi connectivity index (χ0v) is 15.9. The third-order valence-electron chi connectivity index (χ3n) is 3.47. The highest BCUT2D eigenvalue weighted by Gasteiger charge is 2.29. The molecule has 1 saturated heterocycles. The fraction of sp³-hybridized carbons (Fsp3) is 0.278. The van der Waals surface area contributed by atoms with Crippen LogP contribution in [0.25, 0.3) is 6.08 Å². The molecule has 0 bridgehead atoms. The van der Waals surface area contributed by atoms with E-state index in [4.69, 9.17) is 4.74 Å². The second kappa shape index (κ2) is 10.3. The molecule has 1 aliphatic heterocycles. The lowest BCUT2D eigenvalue weighted by Crippen LogP contribution is -2.39. The van der Waals surface area contributed by atoms with E-state index in [0.29, 0.717) is 5.56 Å². The van der Waals surface area contributed by atoms with E-state index in [1.807, 2.05) is 0 Å². The van der Waals surface area contributed by atoms with E-state index in [9.17, 15) is 24.0 Å². The third-order valence-corrected chi connectivity index (χ3v) is 4.33. The van der Waals surface area contributed by atoms with Gasteiger partial charge in [0.25, 0.3) is 11.1 Å². The number of hydrogen-bond acceptors (Lipinski definition) is 7. The quantitative estimate of drug-likeness (QED) is 0.478. The number of imide groups is 1. The molecule has 0 saturated carbocycles. The normalized spacial score (nSPS) is 14.0. The summed E-state index contributed by atoms with van der Waals surface area (Å²) in [5.74, 6) is -2.12. The lowest BCUT2D eigenvalue weighted by molar-refractivity contribution is -0.145. The molecule has 1 aromatic carbocycles. The molecule has 10 heteroatoms. The molecule has 2 N–H and O–H groups in total. The second-order valence-corrected chi connectivity index (χ2v) is 6.60. The van der Waals surface area contributed by atoms with Crippen LogP contribution < -0.4 is 10.6 Å². The van der Waals surface area contributed by atoms with E-state index in [-0.39, 0.29) is 35.7 Å². The van der Waals surface area contributed by atoms with Gasteiger partial charge in [0.15, 0.2) is 6.61 Å². The van der Waals surface area contributed by atoms with Gasteiger partial charge >= 0.3 is 5.97 Å². The molecule has 148 valence electrons. The predicted molar refractivity (Wildman–Crippen MR) is 102 cm³/mol. The summed E-state index contributed by atoms with van der Waals surface area (Å²) < 4.78 is 4.92.